The van der Waals surface area contributed by atoms with Crippen LogP contribution in [0.15, 0.2) is 48.5 Å². The van der Waals surface area contributed by atoms with Crippen molar-refractivity contribution in [3.63, 3.8) is 0 Å². The van der Waals surface area contributed by atoms with E-state index in [1.807, 2.05) is 6.92 Å². The number of amides is 1. The molecule has 1 amide bonds. The Kier molecular flexibility index (Phi) is 7.90. The van der Waals surface area contributed by atoms with Crippen molar-refractivity contribution >= 4 is 23.6 Å². The van der Waals surface area contributed by atoms with Gasteiger partial charge in [-0.3, -0.25) is 4.79 Å². The van der Waals surface area contributed by atoms with E-state index in [4.69, 9.17) is 18.9 Å². The second kappa shape index (κ2) is 10.6. The molecule has 0 spiro atoms. The van der Waals surface area contributed by atoms with Gasteiger partial charge in [0.1, 0.15) is 5.75 Å². The monoisotopic (exact) mass is 385 g/mol. The number of rotatable bonds is 9. The molecule has 148 valence electrons. The number of hydrogen-bond donors (Lipinski definition) is 1. The molecule has 0 bridgehead atoms. The molecule has 0 radical (unpaired) electrons. The molecule has 0 unspecified atom stereocenters. The molecule has 0 aliphatic heterocycles. The molecule has 1 N–H and O–H groups in total. The average molecular weight is 385 g/mol. The van der Waals surface area contributed by atoms with Crippen LogP contribution in [0, 0.1) is 0 Å². The van der Waals surface area contributed by atoms with Gasteiger partial charge in [-0.15, -0.1) is 0 Å². The van der Waals surface area contributed by atoms with Crippen molar-refractivity contribution in [2.24, 2.45) is 0 Å². The summed E-state index contributed by atoms with van der Waals surface area (Å²) >= 11 is 0. The van der Waals surface area contributed by atoms with Crippen LogP contribution in [0.1, 0.15) is 12.5 Å². The van der Waals surface area contributed by atoms with E-state index < -0.39 is 18.5 Å². The number of methoxy groups -OCH3 is 2. The van der Waals surface area contributed by atoms with Gasteiger partial charge in [0.15, 0.2) is 18.1 Å². The van der Waals surface area contributed by atoms with E-state index in [2.05, 4.69) is 5.32 Å². The number of benzene rings is 2. The number of ether oxygens (including phenoxy) is 4. The quantitative estimate of drug-likeness (QED) is 0.527. The largest absolute Gasteiger partial charge is 0.497 e. The summed E-state index contributed by atoms with van der Waals surface area (Å²) in [5.41, 5.74) is 1.29. The molecule has 7 heteroatoms. The minimum absolute atomic E-state index is 0.396. The molecule has 7 nitrogen and oxygen atoms in total. The molecule has 0 aliphatic carbocycles. The maximum Gasteiger partial charge on any atom is 0.331 e. The summed E-state index contributed by atoms with van der Waals surface area (Å²) in [6, 6.07) is 12.2. The summed E-state index contributed by atoms with van der Waals surface area (Å²) in [6.07, 6.45) is 2.82. The molecule has 0 fully saturated rings. The second-order valence-electron chi connectivity index (χ2n) is 5.56. The molecule has 0 heterocycles. The third kappa shape index (κ3) is 6.35. The summed E-state index contributed by atoms with van der Waals surface area (Å²) in [5, 5.41) is 2.63. The van der Waals surface area contributed by atoms with Gasteiger partial charge >= 0.3 is 5.97 Å². The molecule has 2 rings (SSSR count). The van der Waals surface area contributed by atoms with Crippen LogP contribution >= 0.6 is 0 Å². The van der Waals surface area contributed by atoms with Gasteiger partial charge in [-0.1, -0.05) is 12.1 Å². The lowest BCUT2D eigenvalue weighted by molar-refractivity contribution is -0.142. The Balaban J connectivity index is 1.87. The summed E-state index contributed by atoms with van der Waals surface area (Å²) in [4.78, 5) is 23.7. The highest BCUT2D eigenvalue weighted by Gasteiger charge is 2.07. The number of esters is 1. The van der Waals surface area contributed by atoms with E-state index in [-0.39, 0.29) is 0 Å². The molecule has 0 saturated carbocycles. The Labute approximate surface area is 163 Å². The minimum atomic E-state index is -0.630. The lowest BCUT2D eigenvalue weighted by Gasteiger charge is -2.09. The third-order valence-electron chi connectivity index (χ3n) is 3.60. The van der Waals surface area contributed by atoms with Gasteiger partial charge in [-0.05, 0) is 42.8 Å². The maximum atomic E-state index is 11.9. The minimum Gasteiger partial charge on any atom is -0.497 e. The van der Waals surface area contributed by atoms with Crippen LogP contribution in [-0.4, -0.2) is 39.3 Å². The van der Waals surface area contributed by atoms with Gasteiger partial charge in [-0.25, -0.2) is 4.79 Å². The Hall–Kier alpha value is -3.48. The predicted molar refractivity (Wildman–Crippen MR) is 106 cm³/mol. The fourth-order valence-corrected chi connectivity index (χ4v) is 2.31. The van der Waals surface area contributed by atoms with Crippen molar-refractivity contribution in [3.8, 4) is 17.2 Å². The van der Waals surface area contributed by atoms with Gasteiger partial charge < -0.3 is 24.3 Å². The lowest BCUT2D eigenvalue weighted by atomic mass is 10.2. The van der Waals surface area contributed by atoms with Crippen molar-refractivity contribution in [3.05, 3.63) is 54.1 Å². The summed E-state index contributed by atoms with van der Waals surface area (Å²) in [7, 11) is 3.09. The fourth-order valence-electron chi connectivity index (χ4n) is 2.31. The van der Waals surface area contributed by atoms with Crippen LogP contribution in [0.4, 0.5) is 5.69 Å². The lowest BCUT2D eigenvalue weighted by Crippen LogP contribution is -2.20. The maximum absolute atomic E-state index is 11.9. The van der Waals surface area contributed by atoms with Crippen molar-refractivity contribution in [2.45, 2.75) is 6.92 Å². The van der Waals surface area contributed by atoms with Crippen molar-refractivity contribution < 1.29 is 28.5 Å². The van der Waals surface area contributed by atoms with Gasteiger partial charge in [0, 0.05) is 17.8 Å². The van der Waals surface area contributed by atoms with Gasteiger partial charge in [-0.2, -0.15) is 0 Å². The zero-order valence-corrected chi connectivity index (χ0v) is 16.1. The van der Waals surface area contributed by atoms with E-state index in [0.717, 1.165) is 5.56 Å². The number of anilines is 1. The fraction of sp³-hybridized carbons (Fsp3) is 0.238. The van der Waals surface area contributed by atoms with E-state index in [9.17, 15) is 9.59 Å². The number of carbonyl (C=O) groups is 2. The first kappa shape index (κ1) is 20.8. The molecule has 0 aliphatic rings. The first-order valence-corrected chi connectivity index (χ1v) is 8.65. The van der Waals surface area contributed by atoms with Crippen LogP contribution in [-0.2, 0) is 14.3 Å². The molecule has 0 atom stereocenters. The molecule has 2 aromatic carbocycles. The van der Waals surface area contributed by atoms with Crippen molar-refractivity contribution in [2.75, 3.05) is 32.8 Å². The average Bonchev–Trinajstić information content (AvgIpc) is 2.71. The zero-order valence-electron chi connectivity index (χ0n) is 16.1. The highest BCUT2D eigenvalue weighted by atomic mass is 16.5. The van der Waals surface area contributed by atoms with Crippen molar-refractivity contribution in [1.29, 1.82) is 0 Å². The number of hydrogen-bond acceptors (Lipinski definition) is 6. The normalized spacial score (nSPS) is 10.4. The first-order chi connectivity index (χ1) is 13.5. The Morgan fingerprint density at radius 2 is 1.86 bits per heavy atom. The predicted octanol–water partition coefficient (Wildman–Crippen LogP) is 3.30. The van der Waals surface area contributed by atoms with Gasteiger partial charge in [0.25, 0.3) is 5.91 Å². The Morgan fingerprint density at radius 1 is 1.04 bits per heavy atom. The Morgan fingerprint density at radius 3 is 2.57 bits per heavy atom. The van der Waals surface area contributed by atoms with E-state index in [0.29, 0.717) is 29.5 Å². The third-order valence-corrected chi connectivity index (χ3v) is 3.60. The molecule has 2 aromatic rings. The number of carbonyl (C=O) groups excluding carboxylic acids is 2. The van der Waals surface area contributed by atoms with E-state index in [1.165, 1.54) is 13.2 Å². The second-order valence-corrected chi connectivity index (χ2v) is 5.56. The highest BCUT2D eigenvalue weighted by molar-refractivity contribution is 5.94. The van der Waals surface area contributed by atoms with E-state index in [1.54, 1.807) is 55.7 Å². The number of nitrogens with one attached hydrogen (secondary N) is 1. The SMILES string of the molecule is CCOc1cc(/C=C/C(=O)OCC(=O)Nc2cccc(OC)c2)ccc1OC. The summed E-state index contributed by atoms with van der Waals surface area (Å²) < 4.78 is 20.7. The molecule has 0 aromatic heterocycles. The van der Waals surface area contributed by atoms with Crippen LogP contribution in [0.25, 0.3) is 6.08 Å². The molecular formula is C21H23NO6. The van der Waals surface area contributed by atoms with Crippen LogP contribution in [0.3, 0.4) is 0 Å². The zero-order chi connectivity index (χ0) is 20.4. The molecular weight excluding hydrogens is 362 g/mol. The topological polar surface area (TPSA) is 83.1 Å². The molecule has 0 saturated heterocycles. The molecule has 28 heavy (non-hydrogen) atoms. The first-order valence-electron chi connectivity index (χ1n) is 8.65. The van der Waals surface area contributed by atoms with E-state index >= 15 is 0 Å². The summed E-state index contributed by atoms with van der Waals surface area (Å²) in [6.45, 7) is 1.97. The summed E-state index contributed by atoms with van der Waals surface area (Å²) in [5.74, 6) is 0.727. The smallest absolute Gasteiger partial charge is 0.331 e. The van der Waals surface area contributed by atoms with Crippen LogP contribution in [0.2, 0.25) is 0 Å². The highest BCUT2D eigenvalue weighted by Crippen LogP contribution is 2.28. The van der Waals surface area contributed by atoms with Gasteiger partial charge in [0.2, 0.25) is 0 Å². The Bertz CT molecular complexity index is 847. The van der Waals surface area contributed by atoms with Gasteiger partial charge in [0.05, 0.1) is 20.8 Å². The standard InChI is InChI=1S/C21H23NO6/c1-4-27-19-12-15(8-10-18(19)26-3)9-11-21(24)28-14-20(23)22-16-6-5-7-17(13-16)25-2/h5-13H,4,14H2,1-3H3,(H,22,23)/b11-9+. The van der Waals surface area contributed by atoms with Crippen molar-refractivity contribution in [1.82, 2.24) is 0 Å². The van der Waals surface area contributed by atoms with Crippen LogP contribution in [0.5, 0.6) is 17.2 Å². The van der Waals surface area contributed by atoms with Crippen LogP contribution < -0.4 is 19.5 Å².